The second-order valence-corrected chi connectivity index (χ2v) is 7.41. The Balaban J connectivity index is 1.98. The van der Waals surface area contributed by atoms with E-state index in [1.54, 1.807) is 0 Å². The van der Waals surface area contributed by atoms with Crippen LogP contribution in [-0.4, -0.2) is 25.0 Å². The van der Waals surface area contributed by atoms with Crippen molar-refractivity contribution < 1.29 is 4.74 Å². The zero-order valence-electron chi connectivity index (χ0n) is 12.9. The summed E-state index contributed by atoms with van der Waals surface area (Å²) in [5, 5.41) is 4.29. The fourth-order valence-corrected chi connectivity index (χ4v) is 3.65. The molecule has 1 heterocycles. The lowest BCUT2D eigenvalue weighted by molar-refractivity contribution is 0.1000. The van der Waals surface area contributed by atoms with E-state index in [4.69, 9.17) is 4.74 Å². The van der Waals surface area contributed by atoms with Gasteiger partial charge < -0.3 is 10.1 Å². The first-order valence-electron chi connectivity index (χ1n) is 7.70. The summed E-state index contributed by atoms with van der Waals surface area (Å²) < 4.78 is 5.45. The van der Waals surface area contributed by atoms with E-state index < -0.39 is 0 Å². The standard InChI is InChI=1S/C17H27NOS/c1-13(2)11-18-12-15-10-14(3)4-5-17(15)20-16-6-8-19-9-7-16/h4-5,10,13,16,18H,6-9,11-12H2,1-3H3. The van der Waals surface area contributed by atoms with Crippen molar-refractivity contribution in [2.45, 2.75) is 50.3 Å². The molecular formula is C17H27NOS. The molecule has 2 nitrogen and oxygen atoms in total. The monoisotopic (exact) mass is 293 g/mol. The summed E-state index contributed by atoms with van der Waals surface area (Å²) in [6, 6.07) is 6.85. The largest absolute Gasteiger partial charge is 0.381 e. The lowest BCUT2D eigenvalue weighted by atomic mass is 10.1. The van der Waals surface area contributed by atoms with E-state index >= 15 is 0 Å². The molecular weight excluding hydrogens is 266 g/mol. The quantitative estimate of drug-likeness (QED) is 0.856. The fraction of sp³-hybridized carbons (Fsp3) is 0.647. The lowest BCUT2D eigenvalue weighted by Gasteiger charge is -2.23. The normalized spacial score (nSPS) is 16.8. The number of benzene rings is 1. The van der Waals surface area contributed by atoms with E-state index in [2.05, 4.69) is 44.3 Å². The molecule has 0 radical (unpaired) electrons. The van der Waals surface area contributed by atoms with Gasteiger partial charge in [-0.3, -0.25) is 0 Å². The van der Waals surface area contributed by atoms with Gasteiger partial charge in [-0.15, -0.1) is 11.8 Å². The zero-order valence-corrected chi connectivity index (χ0v) is 13.8. The number of hydrogen-bond donors (Lipinski definition) is 1. The summed E-state index contributed by atoms with van der Waals surface area (Å²) in [6.45, 7) is 10.6. The second-order valence-electron chi connectivity index (χ2n) is 6.07. The first-order valence-corrected chi connectivity index (χ1v) is 8.57. The van der Waals surface area contributed by atoms with E-state index in [-0.39, 0.29) is 0 Å². The maximum Gasteiger partial charge on any atom is 0.0476 e. The summed E-state index contributed by atoms with van der Waals surface area (Å²) in [4.78, 5) is 1.44. The molecule has 1 aliphatic heterocycles. The van der Waals surface area contributed by atoms with Gasteiger partial charge in [-0.2, -0.15) is 0 Å². The molecule has 0 spiro atoms. The van der Waals surface area contributed by atoms with Crippen LogP contribution in [0.1, 0.15) is 37.8 Å². The molecule has 1 N–H and O–H groups in total. The van der Waals surface area contributed by atoms with Crippen molar-refractivity contribution in [3.63, 3.8) is 0 Å². The van der Waals surface area contributed by atoms with Crippen LogP contribution in [0.15, 0.2) is 23.1 Å². The van der Waals surface area contributed by atoms with E-state index in [9.17, 15) is 0 Å². The van der Waals surface area contributed by atoms with Crippen LogP contribution in [0.3, 0.4) is 0 Å². The van der Waals surface area contributed by atoms with E-state index in [1.165, 1.54) is 28.9 Å². The summed E-state index contributed by atoms with van der Waals surface area (Å²) in [7, 11) is 0. The van der Waals surface area contributed by atoms with Gasteiger partial charge in [0, 0.05) is 29.9 Å². The Morgan fingerprint density at radius 2 is 2.05 bits per heavy atom. The van der Waals surface area contributed by atoms with Gasteiger partial charge in [0.2, 0.25) is 0 Å². The van der Waals surface area contributed by atoms with Crippen LogP contribution in [0.5, 0.6) is 0 Å². The van der Waals surface area contributed by atoms with Gasteiger partial charge in [-0.1, -0.05) is 31.5 Å². The van der Waals surface area contributed by atoms with Crippen molar-refractivity contribution in [1.82, 2.24) is 5.32 Å². The Morgan fingerprint density at radius 3 is 2.75 bits per heavy atom. The van der Waals surface area contributed by atoms with Crippen LogP contribution in [0.25, 0.3) is 0 Å². The predicted molar refractivity (Wildman–Crippen MR) is 87.4 cm³/mol. The molecule has 1 aromatic carbocycles. The van der Waals surface area contributed by atoms with E-state index in [0.717, 1.165) is 31.6 Å². The van der Waals surface area contributed by atoms with E-state index in [0.29, 0.717) is 5.92 Å². The van der Waals surface area contributed by atoms with Gasteiger partial charge in [-0.05, 0) is 43.9 Å². The van der Waals surface area contributed by atoms with Crippen LogP contribution in [-0.2, 0) is 11.3 Å². The smallest absolute Gasteiger partial charge is 0.0476 e. The van der Waals surface area contributed by atoms with Gasteiger partial charge >= 0.3 is 0 Å². The Kier molecular flexibility index (Phi) is 6.40. The SMILES string of the molecule is Cc1ccc(SC2CCOCC2)c(CNCC(C)C)c1. The Labute approximate surface area is 127 Å². The Hall–Kier alpha value is -0.510. The molecule has 0 amide bonds. The Morgan fingerprint density at radius 1 is 1.30 bits per heavy atom. The minimum atomic E-state index is 0.700. The number of hydrogen-bond acceptors (Lipinski definition) is 3. The van der Waals surface area contributed by atoms with Crippen LogP contribution >= 0.6 is 11.8 Å². The van der Waals surface area contributed by atoms with Crippen LogP contribution in [0.4, 0.5) is 0 Å². The molecule has 3 heteroatoms. The minimum Gasteiger partial charge on any atom is -0.381 e. The number of rotatable bonds is 6. The average molecular weight is 293 g/mol. The third kappa shape index (κ3) is 5.12. The number of nitrogens with one attached hydrogen (secondary N) is 1. The first kappa shape index (κ1) is 15.9. The van der Waals surface area contributed by atoms with Crippen molar-refractivity contribution in [3.8, 4) is 0 Å². The van der Waals surface area contributed by atoms with E-state index in [1.807, 2.05) is 11.8 Å². The number of thioether (sulfide) groups is 1. The average Bonchev–Trinajstić information content (AvgIpc) is 2.42. The summed E-state index contributed by atoms with van der Waals surface area (Å²) in [6.07, 6.45) is 2.36. The van der Waals surface area contributed by atoms with Gasteiger partial charge in [-0.25, -0.2) is 0 Å². The van der Waals surface area contributed by atoms with Crippen molar-refractivity contribution in [3.05, 3.63) is 29.3 Å². The van der Waals surface area contributed by atoms with Crippen LogP contribution < -0.4 is 5.32 Å². The Bertz CT molecular complexity index is 413. The van der Waals surface area contributed by atoms with Crippen LogP contribution in [0.2, 0.25) is 0 Å². The molecule has 0 saturated carbocycles. The maximum absolute atomic E-state index is 5.45. The van der Waals surface area contributed by atoms with Crippen molar-refractivity contribution >= 4 is 11.8 Å². The highest BCUT2D eigenvalue weighted by Crippen LogP contribution is 2.32. The summed E-state index contributed by atoms with van der Waals surface area (Å²) in [5.74, 6) is 0.700. The third-order valence-corrected chi connectivity index (χ3v) is 5.00. The molecule has 1 aromatic rings. The molecule has 1 fully saturated rings. The van der Waals surface area contributed by atoms with Crippen molar-refractivity contribution in [1.29, 1.82) is 0 Å². The predicted octanol–water partition coefficient (Wildman–Crippen LogP) is 4.01. The molecule has 1 aliphatic rings. The molecule has 20 heavy (non-hydrogen) atoms. The zero-order chi connectivity index (χ0) is 14.4. The minimum absolute atomic E-state index is 0.700. The van der Waals surface area contributed by atoms with Crippen molar-refractivity contribution in [2.75, 3.05) is 19.8 Å². The lowest BCUT2D eigenvalue weighted by Crippen LogP contribution is -2.20. The summed E-state index contributed by atoms with van der Waals surface area (Å²) >= 11 is 2.04. The van der Waals surface area contributed by atoms with Gasteiger partial charge in [0.15, 0.2) is 0 Å². The van der Waals surface area contributed by atoms with Crippen molar-refractivity contribution in [2.24, 2.45) is 5.92 Å². The maximum atomic E-state index is 5.45. The highest BCUT2D eigenvalue weighted by molar-refractivity contribution is 8.00. The van der Waals surface area contributed by atoms with Gasteiger partial charge in [0.25, 0.3) is 0 Å². The molecule has 1 saturated heterocycles. The summed E-state index contributed by atoms with van der Waals surface area (Å²) in [5.41, 5.74) is 2.80. The topological polar surface area (TPSA) is 21.3 Å². The van der Waals surface area contributed by atoms with Crippen LogP contribution in [0, 0.1) is 12.8 Å². The third-order valence-electron chi connectivity index (χ3n) is 3.55. The van der Waals surface area contributed by atoms with Gasteiger partial charge in [0.05, 0.1) is 0 Å². The molecule has 0 aromatic heterocycles. The highest BCUT2D eigenvalue weighted by Gasteiger charge is 2.16. The molecule has 0 atom stereocenters. The second kappa shape index (κ2) is 8.06. The fourth-order valence-electron chi connectivity index (χ4n) is 2.43. The molecule has 0 aliphatic carbocycles. The molecule has 0 bridgehead atoms. The number of ether oxygens (including phenoxy) is 1. The molecule has 2 rings (SSSR count). The molecule has 0 unspecified atom stereocenters. The molecule has 112 valence electrons. The number of aryl methyl sites for hydroxylation is 1. The first-order chi connectivity index (χ1) is 9.65. The van der Waals surface area contributed by atoms with Gasteiger partial charge in [0.1, 0.15) is 0 Å². The highest BCUT2D eigenvalue weighted by atomic mass is 32.2.